The van der Waals surface area contributed by atoms with Gasteiger partial charge in [0.05, 0.1) is 12.7 Å². The number of nitrogens with zero attached hydrogens (tertiary/aromatic N) is 1. The van der Waals surface area contributed by atoms with E-state index in [1.165, 1.54) is 25.4 Å². The topological polar surface area (TPSA) is 65.5 Å². The van der Waals surface area contributed by atoms with Crippen LogP contribution in [0.15, 0.2) is 48.8 Å². The molecule has 0 fully saturated rings. The first-order valence-corrected chi connectivity index (χ1v) is 5.52. The highest BCUT2D eigenvalue weighted by Gasteiger charge is 2.16. The number of carbonyl (C=O) groups excluding carboxylic acids is 2. The summed E-state index contributed by atoms with van der Waals surface area (Å²) in [5.74, 6) is -0.984. The maximum Gasteiger partial charge on any atom is 0.345 e. The monoisotopic (exact) mass is 293 g/mol. The molecule has 0 aliphatic carbocycles. The second-order valence-electron chi connectivity index (χ2n) is 3.62. The molecule has 1 aromatic heterocycles. The van der Waals surface area contributed by atoms with Crippen LogP contribution in [0.3, 0.4) is 0 Å². The molecule has 0 saturated carbocycles. The van der Waals surface area contributed by atoms with Crippen molar-refractivity contribution in [2.24, 2.45) is 0 Å². The number of rotatable bonds is 3. The molecule has 0 N–H and O–H groups in total. The third kappa shape index (κ3) is 3.55. The van der Waals surface area contributed by atoms with E-state index in [0.29, 0.717) is 5.56 Å². The minimum Gasteiger partial charge on any atom is -0.465 e. The zero-order chi connectivity index (χ0) is 13.7. The highest BCUT2D eigenvalue weighted by atomic mass is 35.5. The number of carbonyl (C=O) groups is 2. The summed E-state index contributed by atoms with van der Waals surface area (Å²) in [5.41, 5.74) is 0.504. The summed E-state index contributed by atoms with van der Waals surface area (Å²) in [5, 5.41) is 0. The molecule has 0 radical (unpaired) electrons. The molecule has 0 aliphatic rings. The van der Waals surface area contributed by atoms with Gasteiger partial charge < -0.3 is 9.47 Å². The summed E-state index contributed by atoms with van der Waals surface area (Å²) in [4.78, 5) is 27.2. The van der Waals surface area contributed by atoms with Crippen molar-refractivity contribution < 1.29 is 19.1 Å². The summed E-state index contributed by atoms with van der Waals surface area (Å²) in [7, 11) is 1.27. The van der Waals surface area contributed by atoms with Gasteiger partial charge in [-0.05, 0) is 24.3 Å². The van der Waals surface area contributed by atoms with E-state index in [9.17, 15) is 9.59 Å². The van der Waals surface area contributed by atoms with Gasteiger partial charge in [-0.25, -0.2) is 9.59 Å². The number of esters is 2. The number of pyridine rings is 1. The van der Waals surface area contributed by atoms with Crippen molar-refractivity contribution in [1.29, 1.82) is 0 Å². The summed E-state index contributed by atoms with van der Waals surface area (Å²) in [6.07, 6.45) is 2.95. The van der Waals surface area contributed by atoms with Gasteiger partial charge in [0.1, 0.15) is 11.3 Å². The third-order valence-corrected chi connectivity index (χ3v) is 2.39. The van der Waals surface area contributed by atoms with Crippen molar-refractivity contribution in [3.05, 3.63) is 59.9 Å². The zero-order valence-electron chi connectivity index (χ0n) is 10.6. The van der Waals surface area contributed by atoms with E-state index in [-0.39, 0.29) is 23.7 Å². The van der Waals surface area contributed by atoms with Crippen LogP contribution >= 0.6 is 12.4 Å². The van der Waals surface area contributed by atoms with Gasteiger partial charge in [-0.1, -0.05) is 12.1 Å². The first-order chi connectivity index (χ1) is 9.22. The normalized spacial score (nSPS) is 9.25. The van der Waals surface area contributed by atoms with E-state index in [4.69, 9.17) is 4.74 Å². The van der Waals surface area contributed by atoms with Gasteiger partial charge in [0.15, 0.2) is 0 Å². The first-order valence-electron chi connectivity index (χ1n) is 5.52. The zero-order valence-corrected chi connectivity index (χ0v) is 11.4. The number of para-hydroxylation sites is 1. The Hall–Kier alpha value is -2.40. The number of halogens is 1. The van der Waals surface area contributed by atoms with Crippen molar-refractivity contribution in [3.63, 3.8) is 0 Å². The lowest BCUT2D eigenvalue weighted by atomic mass is 10.2. The van der Waals surface area contributed by atoms with Crippen LogP contribution < -0.4 is 4.74 Å². The molecule has 0 amide bonds. The Balaban J connectivity index is 0.00000200. The van der Waals surface area contributed by atoms with Crippen molar-refractivity contribution in [1.82, 2.24) is 4.98 Å². The average molecular weight is 294 g/mol. The van der Waals surface area contributed by atoms with E-state index in [1.54, 1.807) is 30.5 Å². The lowest BCUT2D eigenvalue weighted by Gasteiger charge is -2.08. The smallest absolute Gasteiger partial charge is 0.345 e. The standard InChI is InChI=1S/C14H11NO4.ClH/c1-18-14(17)11-6-2-3-7-12(11)19-13(16)10-5-4-8-15-9-10;/h2-9H,1H3;1H. The first kappa shape index (κ1) is 15.7. The maximum absolute atomic E-state index is 11.9. The van der Waals surface area contributed by atoms with Crippen LogP contribution in [0.2, 0.25) is 0 Å². The lowest BCUT2D eigenvalue weighted by molar-refractivity contribution is 0.0593. The molecular formula is C14H12ClNO4. The predicted octanol–water partition coefficient (Wildman–Crippen LogP) is 2.51. The minimum absolute atomic E-state index is 0. The lowest BCUT2D eigenvalue weighted by Crippen LogP contribution is -2.12. The molecule has 0 bridgehead atoms. The molecule has 2 aromatic rings. The number of methoxy groups -OCH3 is 1. The average Bonchev–Trinajstić information content (AvgIpc) is 2.48. The van der Waals surface area contributed by atoms with Gasteiger partial charge in [-0.15, -0.1) is 12.4 Å². The molecule has 5 nitrogen and oxygen atoms in total. The summed E-state index contributed by atoms with van der Waals surface area (Å²) in [6.45, 7) is 0. The molecule has 0 atom stereocenters. The quantitative estimate of drug-likeness (QED) is 0.642. The minimum atomic E-state index is -0.579. The van der Waals surface area contributed by atoms with Gasteiger partial charge in [-0.3, -0.25) is 4.98 Å². The Bertz CT molecular complexity index is 601. The van der Waals surface area contributed by atoms with E-state index in [2.05, 4.69) is 9.72 Å². The number of ether oxygens (including phenoxy) is 2. The molecule has 1 heterocycles. The van der Waals surface area contributed by atoms with E-state index >= 15 is 0 Å². The van der Waals surface area contributed by atoms with Crippen LogP contribution in [0.5, 0.6) is 5.75 Å². The SMILES string of the molecule is COC(=O)c1ccccc1OC(=O)c1cccnc1.Cl. The van der Waals surface area contributed by atoms with Crippen LogP contribution in [-0.2, 0) is 4.74 Å². The summed E-state index contributed by atoms with van der Waals surface area (Å²) < 4.78 is 9.80. The van der Waals surface area contributed by atoms with Gasteiger partial charge in [-0.2, -0.15) is 0 Å². The van der Waals surface area contributed by atoms with Gasteiger partial charge in [0.25, 0.3) is 0 Å². The number of hydrogen-bond acceptors (Lipinski definition) is 5. The van der Waals surface area contributed by atoms with Crippen LogP contribution in [0.1, 0.15) is 20.7 Å². The number of benzene rings is 1. The van der Waals surface area contributed by atoms with Crippen molar-refractivity contribution in [2.75, 3.05) is 7.11 Å². The van der Waals surface area contributed by atoms with Crippen LogP contribution in [0.4, 0.5) is 0 Å². The highest BCUT2D eigenvalue weighted by molar-refractivity contribution is 5.96. The number of aromatic nitrogens is 1. The fourth-order valence-electron chi connectivity index (χ4n) is 1.48. The van der Waals surface area contributed by atoms with Crippen LogP contribution in [0, 0.1) is 0 Å². The maximum atomic E-state index is 11.9. The van der Waals surface area contributed by atoms with Crippen LogP contribution in [-0.4, -0.2) is 24.0 Å². The van der Waals surface area contributed by atoms with Gasteiger partial charge in [0.2, 0.25) is 0 Å². The molecule has 2 rings (SSSR count). The summed E-state index contributed by atoms with van der Waals surface area (Å²) >= 11 is 0. The predicted molar refractivity (Wildman–Crippen MR) is 74.2 cm³/mol. The number of hydrogen-bond donors (Lipinski definition) is 0. The van der Waals surface area contributed by atoms with E-state index in [1.807, 2.05) is 0 Å². The fourth-order valence-corrected chi connectivity index (χ4v) is 1.48. The molecule has 20 heavy (non-hydrogen) atoms. The summed E-state index contributed by atoms with van der Waals surface area (Å²) in [6, 6.07) is 9.59. The van der Waals surface area contributed by atoms with E-state index in [0.717, 1.165) is 0 Å². The molecular weight excluding hydrogens is 282 g/mol. The van der Waals surface area contributed by atoms with Crippen molar-refractivity contribution in [3.8, 4) is 5.75 Å². The molecule has 6 heteroatoms. The Kier molecular flexibility index (Phi) is 5.68. The largest absolute Gasteiger partial charge is 0.465 e. The molecule has 0 spiro atoms. The molecule has 104 valence electrons. The Labute approximate surface area is 122 Å². The Morgan fingerprint density at radius 3 is 2.45 bits per heavy atom. The third-order valence-electron chi connectivity index (χ3n) is 2.39. The Morgan fingerprint density at radius 1 is 1.05 bits per heavy atom. The van der Waals surface area contributed by atoms with Crippen molar-refractivity contribution in [2.45, 2.75) is 0 Å². The second kappa shape index (κ2) is 7.25. The highest BCUT2D eigenvalue weighted by Crippen LogP contribution is 2.20. The fraction of sp³-hybridized carbons (Fsp3) is 0.0714. The molecule has 1 aromatic carbocycles. The van der Waals surface area contributed by atoms with Crippen molar-refractivity contribution >= 4 is 24.3 Å². The molecule has 0 aliphatic heterocycles. The second-order valence-corrected chi connectivity index (χ2v) is 3.62. The molecule has 0 saturated heterocycles. The molecule has 0 unspecified atom stereocenters. The van der Waals surface area contributed by atoms with Crippen LogP contribution in [0.25, 0.3) is 0 Å². The Morgan fingerprint density at radius 2 is 1.80 bits per heavy atom. The van der Waals surface area contributed by atoms with E-state index < -0.39 is 11.9 Å². The van der Waals surface area contributed by atoms with Gasteiger partial charge >= 0.3 is 11.9 Å². The van der Waals surface area contributed by atoms with Gasteiger partial charge in [0, 0.05) is 12.4 Å².